The van der Waals surface area contributed by atoms with Crippen molar-refractivity contribution in [1.82, 2.24) is 4.98 Å². The molecule has 0 bridgehead atoms. The molecule has 2 heterocycles. The number of ether oxygens (including phenoxy) is 1. The number of aryl methyl sites for hydroxylation is 2. The second kappa shape index (κ2) is 3.77. The number of nitrogens with one attached hydrogen (secondary N) is 1. The number of aliphatic imine (C=N–C) groups is 1. The van der Waals surface area contributed by atoms with Crippen molar-refractivity contribution in [1.29, 1.82) is 0 Å². The van der Waals surface area contributed by atoms with Gasteiger partial charge in [-0.2, -0.15) is 0 Å². The fourth-order valence-electron chi connectivity index (χ4n) is 1.65. The third-order valence-electron chi connectivity index (χ3n) is 2.38. The zero-order valence-corrected chi connectivity index (χ0v) is 9.16. The van der Waals surface area contributed by atoms with Crippen LogP contribution in [0.5, 0.6) is 0 Å². The van der Waals surface area contributed by atoms with Gasteiger partial charge in [0.2, 0.25) is 0 Å². The highest BCUT2D eigenvalue weighted by atomic mass is 16.5. The van der Waals surface area contributed by atoms with Crippen LogP contribution in [0.1, 0.15) is 17.0 Å². The Morgan fingerprint density at radius 2 is 2.20 bits per heavy atom. The lowest BCUT2D eigenvalue weighted by atomic mass is 10.2. The van der Waals surface area contributed by atoms with E-state index < -0.39 is 0 Å². The number of allylic oxidation sites excluding steroid dienone is 1. The molecule has 1 aliphatic heterocycles. The van der Waals surface area contributed by atoms with Crippen LogP contribution >= 0.6 is 0 Å². The highest BCUT2D eigenvalue weighted by molar-refractivity contribution is 5.81. The van der Waals surface area contributed by atoms with E-state index in [-0.39, 0.29) is 0 Å². The molecule has 3 nitrogen and oxygen atoms in total. The van der Waals surface area contributed by atoms with E-state index in [1.54, 1.807) is 13.3 Å². The van der Waals surface area contributed by atoms with Gasteiger partial charge in [-0.15, -0.1) is 0 Å². The first-order valence-corrected chi connectivity index (χ1v) is 4.87. The number of aromatic nitrogens is 1. The summed E-state index contributed by atoms with van der Waals surface area (Å²) in [6.07, 6.45) is 5.61. The Hall–Kier alpha value is -1.77. The summed E-state index contributed by atoms with van der Waals surface area (Å²) < 4.78 is 5.20. The summed E-state index contributed by atoms with van der Waals surface area (Å²) in [4.78, 5) is 7.51. The van der Waals surface area contributed by atoms with Crippen molar-refractivity contribution in [3.05, 3.63) is 40.5 Å². The molecule has 0 atom stereocenters. The number of nitrogens with zero attached hydrogens (tertiary/aromatic N) is 1. The lowest BCUT2D eigenvalue weighted by Gasteiger charge is -2.01. The lowest BCUT2D eigenvalue weighted by Crippen LogP contribution is -1.87. The first-order valence-electron chi connectivity index (χ1n) is 4.87. The molecule has 0 aliphatic carbocycles. The summed E-state index contributed by atoms with van der Waals surface area (Å²) in [6.45, 7) is 4.12. The number of rotatable bonds is 2. The summed E-state index contributed by atoms with van der Waals surface area (Å²) >= 11 is 0. The molecule has 0 aromatic carbocycles. The predicted octanol–water partition coefficient (Wildman–Crippen LogP) is 2.59. The molecule has 3 heteroatoms. The zero-order valence-electron chi connectivity index (χ0n) is 9.16. The SMILES string of the molecule is COC1=CC=NC1=Cc1[nH]c(C)cc1C. The summed E-state index contributed by atoms with van der Waals surface area (Å²) in [5.41, 5.74) is 4.33. The van der Waals surface area contributed by atoms with Gasteiger partial charge in [0.25, 0.3) is 0 Å². The van der Waals surface area contributed by atoms with Gasteiger partial charge in [0.1, 0.15) is 11.5 Å². The van der Waals surface area contributed by atoms with E-state index in [4.69, 9.17) is 4.74 Å². The van der Waals surface area contributed by atoms with Gasteiger partial charge in [0, 0.05) is 23.7 Å². The molecular formula is C12H14N2O. The van der Waals surface area contributed by atoms with E-state index in [1.807, 2.05) is 19.1 Å². The lowest BCUT2D eigenvalue weighted by molar-refractivity contribution is 0.303. The molecule has 0 spiro atoms. The van der Waals surface area contributed by atoms with Crippen LogP contribution in [0.3, 0.4) is 0 Å². The number of hydrogen-bond donors (Lipinski definition) is 1. The minimum Gasteiger partial charge on any atom is -0.494 e. The van der Waals surface area contributed by atoms with Crippen molar-refractivity contribution in [3.63, 3.8) is 0 Å². The van der Waals surface area contributed by atoms with Gasteiger partial charge in [-0.1, -0.05) is 0 Å². The number of aromatic amines is 1. The van der Waals surface area contributed by atoms with Crippen LogP contribution in [0.4, 0.5) is 0 Å². The second-order valence-electron chi connectivity index (χ2n) is 3.59. The molecule has 0 saturated heterocycles. The van der Waals surface area contributed by atoms with Gasteiger partial charge in [-0.25, -0.2) is 0 Å². The third-order valence-corrected chi connectivity index (χ3v) is 2.38. The summed E-state index contributed by atoms with van der Waals surface area (Å²) in [5, 5.41) is 0. The van der Waals surface area contributed by atoms with E-state index in [0.29, 0.717) is 0 Å². The maximum absolute atomic E-state index is 5.20. The van der Waals surface area contributed by atoms with Crippen LogP contribution in [0.2, 0.25) is 0 Å². The largest absolute Gasteiger partial charge is 0.494 e. The molecule has 1 aliphatic rings. The Morgan fingerprint density at radius 3 is 2.80 bits per heavy atom. The van der Waals surface area contributed by atoms with Gasteiger partial charge in [-0.3, -0.25) is 4.99 Å². The van der Waals surface area contributed by atoms with Crippen molar-refractivity contribution in [2.45, 2.75) is 13.8 Å². The third kappa shape index (κ3) is 1.86. The Kier molecular flexibility index (Phi) is 2.46. The van der Waals surface area contributed by atoms with Crippen LogP contribution in [0, 0.1) is 13.8 Å². The van der Waals surface area contributed by atoms with Crippen molar-refractivity contribution >= 4 is 12.3 Å². The predicted molar refractivity (Wildman–Crippen MR) is 61.8 cm³/mol. The van der Waals surface area contributed by atoms with Crippen LogP contribution in [0.25, 0.3) is 6.08 Å². The Labute approximate surface area is 89.2 Å². The summed E-state index contributed by atoms with van der Waals surface area (Å²) in [5.74, 6) is 0.807. The first-order chi connectivity index (χ1) is 7.20. The van der Waals surface area contributed by atoms with Gasteiger partial charge in [0.15, 0.2) is 0 Å². The molecule has 15 heavy (non-hydrogen) atoms. The fraction of sp³-hybridized carbons (Fsp3) is 0.250. The van der Waals surface area contributed by atoms with Gasteiger partial charge in [0.05, 0.1) is 7.11 Å². The number of methoxy groups -OCH3 is 1. The summed E-state index contributed by atoms with van der Waals surface area (Å²) in [7, 11) is 1.65. The van der Waals surface area contributed by atoms with Crippen LogP contribution in [-0.4, -0.2) is 18.3 Å². The first kappa shape index (κ1) is 9.77. The smallest absolute Gasteiger partial charge is 0.146 e. The molecule has 1 N–H and O–H groups in total. The average Bonchev–Trinajstić information content (AvgIpc) is 2.74. The molecule has 78 valence electrons. The molecule has 0 amide bonds. The van der Waals surface area contributed by atoms with Crippen molar-refractivity contribution in [2.75, 3.05) is 7.11 Å². The van der Waals surface area contributed by atoms with Crippen molar-refractivity contribution < 1.29 is 4.74 Å². The Morgan fingerprint density at radius 1 is 1.40 bits per heavy atom. The maximum Gasteiger partial charge on any atom is 0.146 e. The van der Waals surface area contributed by atoms with E-state index in [2.05, 4.69) is 23.0 Å². The normalized spacial score (nSPS) is 17.3. The molecular weight excluding hydrogens is 188 g/mol. The minimum absolute atomic E-state index is 0.807. The Balaban J connectivity index is 2.35. The molecule has 1 aromatic rings. The molecule has 2 rings (SSSR count). The monoisotopic (exact) mass is 202 g/mol. The quantitative estimate of drug-likeness (QED) is 0.786. The van der Waals surface area contributed by atoms with E-state index in [1.165, 1.54) is 5.56 Å². The molecule has 1 aromatic heterocycles. The topological polar surface area (TPSA) is 37.4 Å². The van der Waals surface area contributed by atoms with Crippen molar-refractivity contribution in [3.8, 4) is 0 Å². The number of hydrogen-bond acceptors (Lipinski definition) is 2. The molecule has 0 saturated carbocycles. The molecule has 0 fully saturated rings. The average molecular weight is 202 g/mol. The van der Waals surface area contributed by atoms with E-state index in [9.17, 15) is 0 Å². The van der Waals surface area contributed by atoms with Gasteiger partial charge >= 0.3 is 0 Å². The standard InChI is InChI=1S/C12H14N2O/c1-8-6-9(2)14-10(8)7-11-12(15-3)4-5-13-11/h4-7,14H,1-3H3. The van der Waals surface area contributed by atoms with Crippen molar-refractivity contribution in [2.24, 2.45) is 4.99 Å². The van der Waals surface area contributed by atoms with Gasteiger partial charge in [-0.05, 0) is 31.6 Å². The minimum atomic E-state index is 0.807. The molecule has 0 unspecified atom stereocenters. The van der Waals surface area contributed by atoms with Crippen LogP contribution in [0.15, 0.2) is 28.6 Å². The van der Waals surface area contributed by atoms with Crippen LogP contribution in [-0.2, 0) is 4.74 Å². The highest BCUT2D eigenvalue weighted by Crippen LogP contribution is 2.21. The second-order valence-corrected chi connectivity index (χ2v) is 3.59. The summed E-state index contributed by atoms with van der Waals surface area (Å²) in [6, 6.07) is 2.11. The number of H-pyrrole nitrogens is 1. The molecule has 0 radical (unpaired) electrons. The zero-order chi connectivity index (χ0) is 10.8. The van der Waals surface area contributed by atoms with Gasteiger partial charge < -0.3 is 9.72 Å². The Bertz CT molecular complexity index is 464. The fourth-order valence-corrected chi connectivity index (χ4v) is 1.65. The van der Waals surface area contributed by atoms with E-state index >= 15 is 0 Å². The van der Waals surface area contributed by atoms with Crippen LogP contribution < -0.4 is 0 Å². The highest BCUT2D eigenvalue weighted by Gasteiger charge is 2.09. The maximum atomic E-state index is 5.20. The van der Waals surface area contributed by atoms with E-state index in [0.717, 1.165) is 22.8 Å².